The highest BCUT2D eigenvalue weighted by Gasteiger charge is 2.19. The SMILES string of the molecule is CCOC(=O)c1cccc(NC(=O)Cn2c(=O)c3nnc(-c4ccc(C)cc4)n3c3ccccc32)c1. The van der Waals surface area contributed by atoms with Crippen LogP contribution in [0.1, 0.15) is 22.8 Å². The van der Waals surface area contributed by atoms with Gasteiger partial charge >= 0.3 is 5.97 Å². The topological polar surface area (TPSA) is 108 Å². The number of aromatic nitrogens is 4. The van der Waals surface area contributed by atoms with E-state index in [1.807, 2.05) is 43.3 Å². The number of aryl methyl sites for hydroxylation is 1. The highest BCUT2D eigenvalue weighted by atomic mass is 16.5. The fourth-order valence-electron chi connectivity index (χ4n) is 4.09. The van der Waals surface area contributed by atoms with E-state index in [-0.39, 0.29) is 18.8 Å². The third kappa shape index (κ3) is 4.22. The molecule has 1 amide bonds. The first-order chi connectivity index (χ1) is 17.5. The molecule has 0 spiro atoms. The van der Waals surface area contributed by atoms with Crippen LogP contribution in [0.2, 0.25) is 0 Å². The van der Waals surface area contributed by atoms with Gasteiger partial charge in [-0.3, -0.25) is 18.6 Å². The summed E-state index contributed by atoms with van der Waals surface area (Å²) in [5, 5.41) is 11.2. The largest absolute Gasteiger partial charge is 0.462 e. The van der Waals surface area contributed by atoms with Gasteiger partial charge in [-0.2, -0.15) is 0 Å². The number of esters is 1. The molecule has 180 valence electrons. The average molecular weight is 482 g/mol. The summed E-state index contributed by atoms with van der Waals surface area (Å²) >= 11 is 0. The lowest BCUT2D eigenvalue weighted by atomic mass is 10.1. The molecule has 0 unspecified atom stereocenters. The molecule has 0 radical (unpaired) electrons. The van der Waals surface area contributed by atoms with E-state index in [0.29, 0.717) is 28.1 Å². The molecule has 0 saturated carbocycles. The smallest absolute Gasteiger partial charge is 0.338 e. The first-order valence-electron chi connectivity index (χ1n) is 11.5. The predicted octanol–water partition coefficient (Wildman–Crippen LogP) is 3.84. The number of ether oxygens (including phenoxy) is 1. The summed E-state index contributed by atoms with van der Waals surface area (Å²) in [4.78, 5) is 38.4. The Morgan fingerprint density at radius 2 is 1.69 bits per heavy atom. The zero-order valence-corrected chi connectivity index (χ0v) is 19.8. The van der Waals surface area contributed by atoms with Gasteiger partial charge in [-0.15, -0.1) is 10.2 Å². The minimum absolute atomic E-state index is 0.126. The summed E-state index contributed by atoms with van der Waals surface area (Å²) in [7, 11) is 0. The van der Waals surface area contributed by atoms with Crippen LogP contribution >= 0.6 is 0 Å². The second-order valence-electron chi connectivity index (χ2n) is 8.28. The van der Waals surface area contributed by atoms with Gasteiger partial charge in [-0.1, -0.05) is 48.0 Å². The maximum absolute atomic E-state index is 13.4. The first kappa shape index (κ1) is 23.0. The molecule has 9 nitrogen and oxygen atoms in total. The molecule has 0 aliphatic rings. The lowest BCUT2D eigenvalue weighted by Gasteiger charge is -2.13. The molecule has 9 heteroatoms. The lowest BCUT2D eigenvalue weighted by Crippen LogP contribution is -2.29. The molecule has 0 atom stereocenters. The second-order valence-corrected chi connectivity index (χ2v) is 8.28. The van der Waals surface area contributed by atoms with Crippen molar-refractivity contribution in [2.45, 2.75) is 20.4 Å². The highest BCUT2D eigenvalue weighted by Crippen LogP contribution is 2.23. The molecule has 2 aromatic heterocycles. The van der Waals surface area contributed by atoms with E-state index in [1.54, 1.807) is 41.7 Å². The summed E-state index contributed by atoms with van der Waals surface area (Å²) in [5.74, 6) is -0.353. The van der Waals surface area contributed by atoms with E-state index in [2.05, 4.69) is 15.5 Å². The van der Waals surface area contributed by atoms with Crippen LogP contribution in [-0.4, -0.2) is 37.6 Å². The number of benzene rings is 3. The number of hydrogen-bond acceptors (Lipinski definition) is 6. The van der Waals surface area contributed by atoms with Crippen LogP contribution in [0.3, 0.4) is 0 Å². The first-order valence-corrected chi connectivity index (χ1v) is 11.5. The van der Waals surface area contributed by atoms with Crippen molar-refractivity contribution in [2.75, 3.05) is 11.9 Å². The highest BCUT2D eigenvalue weighted by molar-refractivity contribution is 5.95. The van der Waals surface area contributed by atoms with Crippen LogP contribution in [0.15, 0.2) is 77.6 Å². The van der Waals surface area contributed by atoms with Crippen LogP contribution in [0.4, 0.5) is 5.69 Å². The van der Waals surface area contributed by atoms with Crippen molar-refractivity contribution in [3.63, 3.8) is 0 Å². The van der Waals surface area contributed by atoms with Crippen molar-refractivity contribution in [1.82, 2.24) is 19.2 Å². The normalized spacial score (nSPS) is 11.1. The number of para-hydroxylation sites is 2. The van der Waals surface area contributed by atoms with Crippen LogP contribution in [-0.2, 0) is 16.1 Å². The standard InChI is InChI=1S/C27H23N5O4/c1-3-36-27(35)19-7-6-8-20(15-19)28-23(33)16-31-21-9-4-5-10-22(21)32-24(29-30-25(32)26(31)34)18-13-11-17(2)12-14-18/h4-15H,3,16H2,1-2H3,(H,28,33). The summed E-state index contributed by atoms with van der Waals surface area (Å²) < 4.78 is 8.12. The molecule has 36 heavy (non-hydrogen) atoms. The van der Waals surface area contributed by atoms with Gasteiger partial charge in [-0.05, 0) is 44.2 Å². The van der Waals surface area contributed by atoms with Crippen molar-refractivity contribution < 1.29 is 14.3 Å². The number of carbonyl (C=O) groups is 2. The van der Waals surface area contributed by atoms with E-state index >= 15 is 0 Å². The Labute approximate surface area is 206 Å². The van der Waals surface area contributed by atoms with Gasteiger partial charge in [0.05, 0.1) is 23.2 Å². The van der Waals surface area contributed by atoms with Crippen LogP contribution in [0, 0.1) is 6.92 Å². The summed E-state index contributed by atoms with van der Waals surface area (Å²) in [6.07, 6.45) is 0. The number of fused-ring (bicyclic) bond motifs is 3. The lowest BCUT2D eigenvalue weighted by molar-refractivity contribution is -0.116. The van der Waals surface area contributed by atoms with E-state index in [0.717, 1.165) is 11.1 Å². The number of nitrogens with zero attached hydrogens (tertiary/aromatic N) is 4. The molecule has 0 aliphatic heterocycles. The number of rotatable bonds is 6. The van der Waals surface area contributed by atoms with Crippen LogP contribution < -0.4 is 10.9 Å². The predicted molar refractivity (Wildman–Crippen MR) is 136 cm³/mol. The van der Waals surface area contributed by atoms with Gasteiger partial charge < -0.3 is 10.1 Å². The fourth-order valence-corrected chi connectivity index (χ4v) is 4.09. The van der Waals surface area contributed by atoms with Gasteiger partial charge in [0, 0.05) is 11.3 Å². The van der Waals surface area contributed by atoms with Gasteiger partial charge in [0.1, 0.15) is 6.54 Å². The number of amides is 1. The Kier molecular flexibility index (Phi) is 6.03. The Morgan fingerprint density at radius 1 is 0.944 bits per heavy atom. The summed E-state index contributed by atoms with van der Waals surface area (Å²) in [6, 6.07) is 21.6. The monoisotopic (exact) mass is 481 g/mol. The second kappa shape index (κ2) is 9.46. The minimum Gasteiger partial charge on any atom is -0.462 e. The summed E-state index contributed by atoms with van der Waals surface area (Å²) in [6.45, 7) is 3.73. The molecule has 0 fully saturated rings. The van der Waals surface area contributed by atoms with Crippen molar-refractivity contribution in [3.8, 4) is 11.4 Å². The van der Waals surface area contributed by atoms with E-state index in [9.17, 15) is 14.4 Å². The van der Waals surface area contributed by atoms with Crippen molar-refractivity contribution in [2.24, 2.45) is 0 Å². The van der Waals surface area contributed by atoms with E-state index in [1.165, 1.54) is 10.6 Å². The molecule has 2 heterocycles. The van der Waals surface area contributed by atoms with Gasteiger partial charge in [0.25, 0.3) is 5.56 Å². The quantitative estimate of drug-likeness (QED) is 0.369. The van der Waals surface area contributed by atoms with Crippen molar-refractivity contribution >= 4 is 34.2 Å². The van der Waals surface area contributed by atoms with E-state index < -0.39 is 17.4 Å². The molecule has 0 aliphatic carbocycles. The summed E-state index contributed by atoms with van der Waals surface area (Å²) in [5.41, 5.74) is 3.65. The molecule has 5 rings (SSSR count). The maximum atomic E-state index is 13.4. The molecule has 1 N–H and O–H groups in total. The number of anilines is 1. The number of nitrogens with one attached hydrogen (secondary N) is 1. The van der Waals surface area contributed by atoms with Gasteiger partial charge in [-0.25, -0.2) is 4.79 Å². The molecular weight excluding hydrogens is 458 g/mol. The van der Waals surface area contributed by atoms with Crippen LogP contribution in [0.5, 0.6) is 0 Å². The number of hydrogen-bond donors (Lipinski definition) is 1. The third-order valence-electron chi connectivity index (χ3n) is 5.78. The van der Waals surface area contributed by atoms with Gasteiger partial charge in [0.15, 0.2) is 5.82 Å². The zero-order valence-electron chi connectivity index (χ0n) is 19.8. The minimum atomic E-state index is -0.475. The maximum Gasteiger partial charge on any atom is 0.338 e. The third-order valence-corrected chi connectivity index (χ3v) is 5.78. The van der Waals surface area contributed by atoms with Gasteiger partial charge in [0.2, 0.25) is 11.6 Å². The van der Waals surface area contributed by atoms with Crippen LogP contribution in [0.25, 0.3) is 28.1 Å². The fraction of sp³-hybridized carbons (Fsp3) is 0.148. The Bertz CT molecular complexity index is 1670. The molecule has 3 aromatic carbocycles. The van der Waals surface area contributed by atoms with Crippen molar-refractivity contribution in [3.05, 3.63) is 94.3 Å². The van der Waals surface area contributed by atoms with E-state index in [4.69, 9.17) is 4.74 Å². The Hall–Kier alpha value is -4.79. The number of carbonyl (C=O) groups excluding carboxylic acids is 2. The Balaban J connectivity index is 1.53. The zero-order chi connectivity index (χ0) is 25.2. The molecule has 0 saturated heterocycles. The van der Waals surface area contributed by atoms with Crippen molar-refractivity contribution in [1.29, 1.82) is 0 Å². The molecule has 0 bridgehead atoms. The molecular formula is C27H23N5O4. The molecule has 5 aromatic rings. The average Bonchev–Trinajstić information content (AvgIpc) is 3.33. The Morgan fingerprint density at radius 3 is 2.44 bits per heavy atom.